The normalized spacial score (nSPS) is 15.6. The predicted octanol–water partition coefficient (Wildman–Crippen LogP) is 1.41. The summed E-state index contributed by atoms with van der Waals surface area (Å²) in [5, 5.41) is 3.24. The third-order valence-electron chi connectivity index (χ3n) is 2.93. The van der Waals surface area contributed by atoms with Crippen LogP contribution >= 0.6 is 0 Å². The van der Waals surface area contributed by atoms with Crippen LogP contribution in [0.3, 0.4) is 0 Å². The van der Waals surface area contributed by atoms with Crippen molar-refractivity contribution >= 4 is 11.7 Å². The fourth-order valence-electron chi connectivity index (χ4n) is 2.00. The first-order chi connectivity index (χ1) is 8.72. The molecule has 0 aliphatic carbocycles. The largest absolute Gasteiger partial charge is 0.462 e. The van der Waals surface area contributed by atoms with Crippen molar-refractivity contribution < 1.29 is 13.9 Å². The van der Waals surface area contributed by atoms with Gasteiger partial charge in [0, 0.05) is 31.9 Å². The molecule has 1 aliphatic heterocycles. The first-order valence-corrected chi connectivity index (χ1v) is 6.14. The summed E-state index contributed by atoms with van der Waals surface area (Å²) < 4.78 is 18.6. The Morgan fingerprint density at radius 3 is 2.78 bits per heavy atom. The lowest BCUT2D eigenvalue weighted by molar-refractivity contribution is 0.0521. The van der Waals surface area contributed by atoms with Gasteiger partial charge in [0.05, 0.1) is 12.2 Å². The molecule has 0 bridgehead atoms. The lowest BCUT2D eigenvalue weighted by Gasteiger charge is -2.29. The summed E-state index contributed by atoms with van der Waals surface area (Å²) in [6.07, 6.45) is 0. The summed E-state index contributed by atoms with van der Waals surface area (Å²) >= 11 is 0. The number of ether oxygens (including phenoxy) is 1. The first kappa shape index (κ1) is 12.8. The highest BCUT2D eigenvalue weighted by molar-refractivity contribution is 5.90. The van der Waals surface area contributed by atoms with Gasteiger partial charge in [0.2, 0.25) is 0 Å². The van der Waals surface area contributed by atoms with Crippen molar-refractivity contribution in [1.29, 1.82) is 0 Å². The van der Waals surface area contributed by atoms with Crippen LogP contribution in [0.4, 0.5) is 10.1 Å². The fraction of sp³-hybridized carbons (Fsp3) is 0.462. The number of benzene rings is 1. The Balaban J connectivity index is 2.16. The summed E-state index contributed by atoms with van der Waals surface area (Å²) in [6.45, 7) is 5.42. The molecule has 5 heteroatoms. The third-order valence-corrected chi connectivity index (χ3v) is 2.93. The highest BCUT2D eigenvalue weighted by Crippen LogP contribution is 2.19. The number of rotatable bonds is 3. The molecule has 4 nitrogen and oxygen atoms in total. The summed E-state index contributed by atoms with van der Waals surface area (Å²) in [5.41, 5.74) is 0.804. The number of anilines is 1. The number of nitrogens with zero attached hydrogens (tertiary/aromatic N) is 1. The number of piperazine rings is 1. The van der Waals surface area contributed by atoms with Crippen LogP contribution in [0.15, 0.2) is 18.2 Å². The monoisotopic (exact) mass is 252 g/mol. The van der Waals surface area contributed by atoms with E-state index < -0.39 is 11.8 Å². The standard InChI is InChI=1S/C13H17FN2O2/c1-2-18-13(17)11-4-3-10(9-12(11)14)16-7-5-15-6-8-16/h3-4,9,15H,2,5-8H2,1H3. The van der Waals surface area contributed by atoms with Crippen molar-refractivity contribution in [1.82, 2.24) is 5.32 Å². The zero-order valence-corrected chi connectivity index (χ0v) is 10.4. The smallest absolute Gasteiger partial charge is 0.341 e. The van der Waals surface area contributed by atoms with Crippen molar-refractivity contribution in [3.63, 3.8) is 0 Å². The van der Waals surface area contributed by atoms with Crippen LogP contribution in [-0.4, -0.2) is 38.8 Å². The van der Waals surface area contributed by atoms with Crippen LogP contribution in [-0.2, 0) is 4.74 Å². The maximum atomic E-state index is 13.8. The van der Waals surface area contributed by atoms with Gasteiger partial charge >= 0.3 is 5.97 Å². The zero-order chi connectivity index (χ0) is 13.0. The molecule has 2 rings (SSSR count). The highest BCUT2D eigenvalue weighted by atomic mass is 19.1. The molecule has 0 radical (unpaired) electrons. The quantitative estimate of drug-likeness (QED) is 0.826. The SMILES string of the molecule is CCOC(=O)c1ccc(N2CCNCC2)cc1F. The number of halogens is 1. The Hall–Kier alpha value is -1.62. The average Bonchev–Trinajstić information content (AvgIpc) is 2.40. The lowest BCUT2D eigenvalue weighted by atomic mass is 10.1. The molecule has 1 aromatic rings. The molecule has 1 heterocycles. The van der Waals surface area contributed by atoms with Crippen LogP contribution in [0.25, 0.3) is 0 Å². The number of hydrogen-bond acceptors (Lipinski definition) is 4. The molecule has 1 aromatic carbocycles. The molecule has 0 unspecified atom stereocenters. The van der Waals surface area contributed by atoms with Crippen molar-refractivity contribution in [2.24, 2.45) is 0 Å². The first-order valence-electron chi connectivity index (χ1n) is 6.14. The van der Waals surface area contributed by atoms with Gasteiger partial charge in [-0.3, -0.25) is 0 Å². The van der Waals surface area contributed by atoms with Crippen LogP contribution in [0.5, 0.6) is 0 Å². The van der Waals surface area contributed by atoms with E-state index in [1.54, 1.807) is 13.0 Å². The molecule has 1 fully saturated rings. The molecule has 0 aromatic heterocycles. The van der Waals surface area contributed by atoms with Crippen LogP contribution in [0, 0.1) is 5.82 Å². The molecule has 98 valence electrons. The van der Waals surface area contributed by atoms with Gasteiger partial charge in [-0.15, -0.1) is 0 Å². The van der Waals surface area contributed by atoms with E-state index in [-0.39, 0.29) is 12.2 Å². The van der Waals surface area contributed by atoms with E-state index >= 15 is 0 Å². The Bertz CT molecular complexity index is 431. The van der Waals surface area contributed by atoms with Gasteiger partial charge in [-0.25, -0.2) is 9.18 Å². The topological polar surface area (TPSA) is 41.6 Å². The maximum Gasteiger partial charge on any atom is 0.341 e. The summed E-state index contributed by atoms with van der Waals surface area (Å²) in [7, 11) is 0. The van der Waals surface area contributed by atoms with Crippen LogP contribution in [0.2, 0.25) is 0 Å². The Morgan fingerprint density at radius 1 is 1.44 bits per heavy atom. The highest BCUT2D eigenvalue weighted by Gasteiger charge is 2.16. The fourth-order valence-corrected chi connectivity index (χ4v) is 2.00. The van der Waals surface area contributed by atoms with Gasteiger partial charge in [0.15, 0.2) is 0 Å². The molecule has 18 heavy (non-hydrogen) atoms. The molecule has 1 N–H and O–H groups in total. The second-order valence-electron chi connectivity index (χ2n) is 4.12. The second-order valence-corrected chi connectivity index (χ2v) is 4.12. The zero-order valence-electron chi connectivity index (χ0n) is 10.4. The van der Waals surface area contributed by atoms with Crippen molar-refractivity contribution in [3.05, 3.63) is 29.6 Å². The third kappa shape index (κ3) is 2.79. The summed E-state index contributed by atoms with van der Waals surface area (Å²) in [4.78, 5) is 13.6. The van der Waals surface area contributed by atoms with Crippen LogP contribution < -0.4 is 10.2 Å². The molecule has 1 aliphatic rings. The maximum absolute atomic E-state index is 13.8. The van der Waals surface area contributed by atoms with E-state index in [1.807, 2.05) is 0 Å². The van der Waals surface area contributed by atoms with Crippen molar-refractivity contribution in [2.75, 3.05) is 37.7 Å². The molecule has 0 spiro atoms. The van der Waals surface area contributed by atoms with Crippen LogP contribution in [0.1, 0.15) is 17.3 Å². The minimum Gasteiger partial charge on any atom is -0.462 e. The average molecular weight is 252 g/mol. The van der Waals surface area contributed by atoms with Gasteiger partial charge in [-0.05, 0) is 25.1 Å². The number of carbonyl (C=O) groups excluding carboxylic acids is 1. The minimum atomic E-state index is -0.609. The number of esters is 1. The van der Waals surface area contributed by atoms with Crippen molar-refractivity contribution in [2.45, 2.75) is 6.92 Å². The van der Waals surface area contributed by atoms with Gasteiger partial charge in [-0.2, -0.15) is 0 Å². The predicted molar refractivity (Wildman–Crippen MR) is 67.4 cm³/mol. The lowest BCUT2D eigenvalue weighted by Crippen LogP contribution is -2.43. The Labute approximate surface area is 106 Å². The number of carbonyl (C=O) groups is 1. The molecular formula is C13H17FN2O2. The van der Waals surface area contributed by atoms with E-state index in [4.69, 9.17) is 4.74 Å². The summed E-state index contributed by atoms with van der Waals surface area (Å²) in [6, 6.07) is 4.66. The van der Waals surface area contributed by atoms with E-state index in [2.05, 4.69) is 10.2 Å². The van der Waals surface area contributed by atoms with E-state index in [0.717, 1.165) is 31.9 Å². The van der Waals surface area contributed by atoms with Gasteiger partial charge in [0.25, 0.3) is 0 Å². The Morgan fingerprint density at radius 2 is 2.17 bits per heavy atom. The molecule has 0 amide bonds. The van der Waals surface area contributed by atoms with E-state index in [9.17, 15) is 9.18 Å². The van der Waals surface area contributed by atoms with Crippen molar-refractivity contribution in [3.8, 4) is 0 Å². The molecule has 0 atom stereocenters. The molecular weight excluding hydrogens is 235 g/mol. The molecule has 1 saturated heterocycles. The minimum absolute atomic E-state index is 0.00395. The number of hydrogen-bond donors (Lipinski definition) is 1. The Kier molecular flexibility index (Phi) is 4.15. The van der Waals surface area contributed by atoms with E-state index in [0.29, 0.717) is 0 Å². The molecule has 0 saturated carbocycles. The van der Waals surface area contributed by atoms with E-state index in [1.165, 1.54) is 12.1 Å². The van der Waals surface area contributed by atoms with Gasteiger partial charge in [-0.1, -0.05) is 0 Å². The second kappa shape index (κ2) is 5.82. The number of nitrogens with one attached hydrogen (secondary N) is 1. The van der Waals surface area contributed by atoms with Gasteiger partial charge < -0.3 is 15.0 Å². The van der Waals surface area contributed by atoms with Gasteiger partial charge in [0.1, 0.15) is 5.82 Å². The summed E-state index contributed by atoms with van der Waals surface area (Å²) in [5.74, 6) is -1.13.